The molecule has 2 atom stereocenters. The van der Waals surface area contributed by atoms with Crippen LogP contribution < -0.4 is 10.0 Å². The molecule has 162 valence electrons. The van der Waals surface area contributed by atoms with Gasteiger partial charge < -0.3 is 10.2 Å². The minimum Gasteiger partial charge on any atom is -0.347 e. The first-order chi connectivity index (χ1) is 14.3. The van der Waals surface area contributed by atoms with Crippen molar-refractivity contribution in [2.45, 2.75) is 36.6 Å². The molecule has 0 aromatic heterocycles. The fourth-order valence-corrected chi connectivity index (χ4v) is 4.95. The maximum absolute atomic E-state index is 13.1. The molecule has 0 aliphatic carbocycles. The van der Waals surface area contributed by atoms with E-state index < -0.39 is 15.9 Å². The monoisotopic (exact) mass is 449 g/mol. The van der Waals surface area contributed by atoms with E-state index in [1.807, 2.05) is 30.3 Å². The third-order valence-electron chi connectivity index (χ3n) is 5.56. The van der Waals surface area contributed by atoms with Crippen LogP contribution in [-0.4, -0.2) is 45.9 Å². The van der Waals surface area contributed by atoms with E-state index in [2.05, 4.69) is 14.9 Å². The molecule has 3 rings (SSSR count). The number of hydrogen-bond donors (Lipinski definition) is 2. The second-order valence-corrected chi connectivity index (χ2v) is 9.86. The molecule has 1 saturated heterocycles. The van der Waals surface area contributed by atoms with Crippen LogP contribution in [0.15, 0.2) is 53.4 Å². The van der Waals surface area contributed by atoms with Crippen molar-refractivity contribution in [3.8, 4) is 0 Å². The summed E-state index contributed by atoms with van der Waals surface area (Å²) in [7, 11) is -2.38. The smallest absolute Gasteiger partial charge is 0.241 e. The van der Waals surface area contributed by atoms with Crippen molar-refractivity contribution >= 4 is 27.5 Å². The number of hydrogen-bond acceptors (Lipinski definition) is 4. The van der Waals surface area contributed by atoms with Crippen LogP contribution in [0.25, 0.3) is 0 Å². The van der Waals surface area contributed by atoms with Crippen molar-refractivity contribution < 1.29 is 13.2 Å². The van der Waals surface area contributed by atoms with Crippen LogP contribution in [0, 0.1) is 0 Å². The molecular formula is C22H28ClN3O3S. The maximum atomic E-state index is 13.1. The Labute approximate surface area is 183 Å². The van der Waals surface area contributed by atoms with Crippen LogP contribution >= 0.6 is 11.6 Å². The molecule has 8 heteroatoms. The fraction of sp³-hybridized carbons (Fsp3) is 0.409. The molecule has 1 fully saturated rings. The van der Waals surface area contributed by atoms with Crippen LogP contribution in [0.2, 0.25) is 5.02 Å². The summed E-state index contributed by atoms with van der Waals surface area (Å²) in [6.07, 6.45) is 2.36. The van der Waals surface area contributed by atoms with E-state index in [1.165, 1.54) is 32.0 Å². The lowest BCUT2D eigenvalue weighted by Gasteiger charge is -2.26. The molecule has 30 heavy (non-hydrogen) atoms. The lowest BCUT2D eigenvalue weighted by Crippen LogP contribution is -2.38. The summed E-state index contributed by atoms with van der Waals surface area (Å²) >= 11 is 6.08. The van der Waals surface area contributed by atoms with Gasteiger partial charge in [-0.15, -0.1) is 0 Å². The Balaban J connectivity index is 1.81. The predicted octanol–water partition coefficient (Wildman–Crippen LogP) is 3.30. The second kappa shape index (κ2) is 9.92. The van der Waals surface area contributed by atoms with E-state index in [-0.39, 0.29) is 21.9 Å². The summed E-state index contributed by atoms with van der Waals surface area (Å²) in [6, 6.07) is 14.5. The third-order valence-corrected chi connectivity index (χ3v) is 7.46. The average molecular weight is 450 g/mol. The molecule has 6 nitrogen and oxygen atoms in total. The molecule has 0 radical (unpaired) electrons. The van der Waals surface area contributed by atoms with Crippen LogP contribution in [0.1, 0.15) is 42.9 Å². The molecule has 0 bridgehead atoms. The van der Waals surface area contributed by atoms with Crippen LogP contribution in [0.5, 0.6) is 0 Å². The highest BCUT2D eigenvalue weighted by molar-refractivity contribution is 7.89. The lowest BCUT2D eigenvalue weighted by molar-refractivity contribution is -0.123. The molecule has 2 N–H and O–H groups in total. The number of halogens is 1. The molecule has 0 saturated carbocycles. The number of carbonyl (C=O) groups excluding carboxylic acids is 1. The second-order valence-electron chi connectivity index (χ2n) is 7.60. The van der Waals surface area contributed by atoms with E-state index in [4.69, 9.17) is 11.6 Å². The molecular weight excluding hydrogens is 422 g/mol. The number of nitrogens with zero attached hydrogens (tertiary/aromatic N) is 1. The fourth-order valence-electron chi connectivity index (χ4n) is 3.70. The summed E-state index contributed by atoms with van der Waals surface area (Å²) in [4.78, 5) is 15.4. The highest BCUT2D eigenvalue weighted by Gasteiger charge is 2.25. The van der Waals surface area contributed by atoms with Gasteiger partial charge in [0.15, 0.2) is 0 Å². The van der Waals surface area contributed by atoms with E-state index in [9.17, 15) is 13.2 Å². The SMILES string of the molecule is CNS(=O)(=O)c1cc(C(C)C(=O)NC(CN2CCCC2)c2ccccc2)ccc1Cl. The van der Waals surface area contributed by atoms with Crippen LogP contribution in [-0.2, 0) is 14.8 Å². The molecule has 1 aliphatic heterocycles. The molecule has 2 aromatic rings. The minimum absolute atomic E-state index is 0.0273. The molecule has 1 heterocycles. The number of nitrogens with one attached hydrogen (secondary N) is 2. The Kier molecular flexibility index (Phi) is 7.52. The average Bonchev–Trinajstić information content (AvgIpc) is 3.26. The van der Waals surface area contributed by atoms with Crippen molar-refractivity contribution in [3.05, 3.63) is 64.7 Å². The summed E-state index contributed by atoms with van der Waals surface area (Å²) in [5, 5.41) is 3.29. The van der Waals surface area contributed by atoms with Crippen molar-refractivity contribution in [1.29, 1.82) is 0 Å². The zero-order chi connectivity index (χ0) is 21.7. The number of benzene rings is 2. The highest BCUT2D eigenvalue weighted by Crippen LogP contribution is 2.27. The third kappa shape index (κ3) is 5.40. The quantitative estimate of drug-likeness (QED) is 0.648. The lowest BCUT2D eigenvalue weighted by atomic mass is 9.99. The van der Waals surface area contributed by atoms with Crippen molar-refractivity contribution in [3.63, 3.8) is 0 Å². The normalized spacial score (nSPS) is 16.9. The van der Waals surface area contributed by atoms with Gasteiger partial charge in [0.05, 0.1) is 17.0 Å². The molecule has 1 amide bonds. The van der Waals surface area contributed by atoms with Crippen LogP contribution in [0.4, 0.5) is 0 Å². The topological polar surface area (TPSA) is 78.5 Å². The van der Waals surface area contributed by atoms with Gasteiger partial charge in [-0.3, -0.25) is 4.79 Å². The van der Waals surface area contributed by atoms with Gasteiger partial charge in [-0.1, -0.05) is 48.0 Å². The van der Waals surface area contributed by atoms with E-state index in [1.54, 1.807) is 13.0 Å². The van der Waals surface area contributed by atoms with Crippen molar-refractivity contribution in [2.24, 2.45) is 0 Å². The van der Waals surface area contributed by atoms with Crippen molar-refractivity contribution in [1.82, 2.24) is 14.9 Å². The summed E-state index contributed by atoms with van der Waals surface area (Å²) < 4.78 is 26.7. The molecule has 2 unspecified atom stereocenters. The highest BCUT2D eigenvalue weighted by atomic mass is 35.5. The van der Waals surface area contributed by atoms with E-state index >= 15 is 0 Å². The molecule has 1 aliphatic rings. The summed E-state index contributed by atoms with van der Waals surface area (Å²) in [6.45, 7) is 4.60. The Morgan fingerprint density at radius 1 is 1.10 bits per heavy atom. The van der Waals surface area contributed by atoms with Gasteiger partial charge in [0.1, 0.15) is 4.90 Å². The zero-order valence-electron chi connectivity index (χ0n) is 17.3. The van der Waals surface area contributed by atoms with Gasteiger partial charge in [-0.05, 0) is 63.2 Å². The van der Waals surface area contributed by atoms with Crippen molar-refractivity contribution in [2.75, 3.05) is 26.7 Å². The largest absolute Gasteiger partial charge is 0.347 e. The van der Waals surface area contributed by atoms with Gasteiger partial charge >= 0.3 is 0 Å². The number of carbonyl (C=O) groups is 1. The number of sulfonamides is 1. The van der Waals surface area contributed by atoms with Gasteiger partial charge in [0.2, 0.25) is 15.9 Å². The number of likely N-dealkylation sites (tertiary alicyclic amines) is 1. The Morgan fingerprint density at radius 2 is 1.77 bits per heavy atom. The first-order valence-electron chi connectivity index (χ1n) is 10.1. The minimum atomic E-state index is -3.71. The Hall–Kier alpha value is -1.93. The predicted molar refractivity (Wildman–Crippen MR) is 119 cm³/mol. The first-order valence-corrected chi connectivity index (χ1v) is 12.0. The number of amides is 1. The Morgan fingerprint density at radius 3 is 2.40 bits per heavy atom. The first kappa shape index (κ1) is 22.7. The summed E-state index contributed by atoms with van der Waals surface area (Å²) in [5.74, 6) is -0.684. The van der Waals surface area contributed by atoms with Crippen LogP contribution in [0.3, 0.4) is 0 Å². The van der Waals surface area contributed by atoms with E-state index in [0.717, 1.165) is 25.2 Å². The molecule has 0 spiro atoms. The Bertz CT molecular complexity index is 976. The number of rotatable bonds is 8. The van der Waals surface area contributed by atoms with E-state index in [0.29, 0.717) is 5.56 Å². The standard InChI is InChI=1S/C22H28ClN3O3S/c1-16(18-10-11-19(23)21(14-18)30(28,29)24-2)22(27)25-20(15-26-12-6-7-13-26)17-8-4-3-5-9-17/h3-5,8-11,14,16,20,24H,6-7,12-13,15H2,1-2H3,(H,25,27). The van der Waals surface area contributed by atoms with Gasteiger partial charge in [-0.25, -0.2) is 13.1 Å². The summed E-state index contributed by atoms with van der Waals surface area (Å²) in [5.41, 5.74) is 1.65. The maximum Gasteiger partial charge on any atom is 0.241 e. The van der Waals surface area contributed by atoms with Gasteiger partial charge in [-0.2, -0.15) is 0 Å². The van der Waals surface area contributed by atoms with Gasteiger partial charge in [0, 0.05) is 6.54 Å². The molecule has 2 aromatic carbocycles. The zero-order valence-corrected chi connectivity index (χ0v) is 18.8. The van der Waals surface area contributed by atoms with Gasteiger partial charge in [0.25, 0.3) is 0 Å².